The minimum Gasteiger partial charge on any atom is -0.389 e. The molecule has 0 amide bonds. The van der Waals surface area contributed by atoms with Gasteiger partial charge in [0.2, 0.25) is 0 Å². The van der Waals surface area contributed by atoms with Crippen molar-refractivity contribution < 1.29 is 25.8 Å². The van der Waals surface area contributed by atoms with E-state index in [-0.39, 0.29) is 0 Å². The van der Waals surface area contributed by atoms with Crippen molar-refractivity contribution in [3.63, 3.8) is 0 Å². The highest BCUT2D eigenvalue weighted by atomic mass is 127. The second kappa shape index (κ2) is 19.5. The molecule has 336 valence electrons. The number of fused-ring (bicyclic) bond motifs is 14. The van der Waals surface area contributed by atoms with Crippen LogP contribution in [0.5, 0.6) is 11.5 Å². The SMILES string of the molecule is CCSc1cc2ccccc2c2c1op(Oc1cccc(Op3oc4c(SCC)cc5ccccc5c4c4c(o3)c(SCC)cc3ccccc34)c1I)oc1c(SCC)cc3ccccc3c12. The summed E-state index contributed by atoms with van der Waals surface area (Å²) in [6, 6.07) is 49.0. The highest BCUT2D eigenvalue weighted by Crippen LogP contribution is 2.51. The van der Waals surface area contributed by atoms with Crippen LogP contribution in [0.2, 0.25) is 0 Å². The van der Waals surface area contributed by atoms with Gasteiger partial charge in [0, 0.05) is 21.5 Å². The van der Waals surface area contributed by atoms with Crippen LogP contribution in [0, 0.1) is 3.57 Å². The lowest BCUT2D eigenvalue weighted by atomic mass is 9.98. The molecular formula is C54H43IO6P2S4. The Bertz CT molecular complexity index is 3360. The monoisotopic (exact) mass is 1100 g/mol. The van der Waals surface area contributed by atoms with Crippen molar-refractivity contribution in [2.45, 2.75) is 47.3 Å². The molecule has 0 spiro atoms. The Morgan fingerprint density at radius 3 is 0.925 bits per heavy atom. The lowest BCUT2D eigenvalue weighted by Gasteiger charge is -2.10. The van der Waals surface area contributed by atoms with Gasteiger partial charge in [-0.2, -0.15) is 0 Å². The van der Waals surface area contributed by atoms with E-state index in [9.17, 15) is 0 Å². The van der Waals surface area contributed by atoms with Gasteiger partial charge in [-0.3, -0.25) is 0 Å². The van der Waals surface area contributed by atoms with Crippen LogP contribution in [0.15, 0.2) is 176 Å². The van der Waals surface area contributed by atoms with E-state index < -0.39 is 16.5 Å². The van der Waals surface area contributed by atoms with Crippen molar-refractivity contribution in [2.75, 3.05) is 23.0 Å². The lowest BCUT2D eigenvalue weighted by molar-refractivity contribution is 0.479. The minimum absolute atomic E-state index is 0.567. The van der Waals surface area contributed by atoms with Gasteiger partial charge in [-0.25, -0.2) is 0 Å². The summed E-state index contributed by atoms with van der Waals surface area (Å²) in [5, 5.41) is 13.1. The summed E-state index contributed by atoms with van der Waals surface area (Å²) in [7, 11) is -4.07. The average Bonchev–Trinajstić information content (AvgIpc) is 3.63. The highest BCUT2D eigenvalue weighted by molar-refractivity contribution is 14.1. The smallest absolute Gasteiger partial charge is 0.389 e. The van der Waals surface area contributed by atoms with Crippen LogP contribution in [0.1, 0.15) is 27.7 Å². The van der Waals surface area contributed by atoms with E-state index in [2.05, 4.69) is 172 Å². The molecule has 0 atom stereocenters. The Kier molecular flexibility index (Phi) is 13.1. The first-order chi connectivity index (χ1) is 33.0. The number of halogens is 1. The summed E-state index contributed by atoms with van der Waals surface area (Å²) in [6.45, 7) is 8.68. The normalized spacial score (nSPS) is 11.8. The van der Waals surface area contributed by atoms with E-state index in [4.69, 9.17) is 25.8 Å². The zero-order valence-corrected chi connectivity index (χ0v) is 44.2. The van der Waals surface area contributed by atoms with E-state index in [1.807, 2.05) is 18.2 Å². The maximum Gasteiger partial charge on any atom is 0.453 e. The molecule has 0 aliphatic rings. The van der Waals surface area contributed by atoms with Crippen LogP contribution in [0.3, 0.4) is 0 Å². The molecule has 67 heavy (non-hydrogen) atoms. The highest BCUT2D eigenvalue weighted by Gasteiger charge is 2.24. The van der Waals surface area contributed by atoms with Crippen LogP contribution in [-0.2, 0) is 0 Å². The van der Waals surface area contributed by atoms with E-state index >= 15 is 0 Å². The van der Waals surface area contributed by atoms with Crippen LogP contribution < -0.4 is 9.05 Å². The van der Waals surface area contributed by atoms with Gasteiger partial charge in [0.15, 0.2) is 33.8 Å². The maximum atomic E-state index is 7.10. The molecule has 0 aliphatic carbocycles. The molecule has 0 saturated heterocycles. The molecule has 2 heterocycles. The summed E-state index contributed by atoms with van der Waals surface area (Å²) in [5.41, 5.74) is 3.07. The number of benzene rings is 9. The first-order valence-electron chi connectivity index (χ1n) is 22.2. The van der Waals surface area contributed by atoms with Gasteiger partial charge in [0.1, 0.15) is 0 Å². The molecule has 0 saturated carbocycles. The zero-order chi connectivity index (χ0) is 45.6. The summed E-state index contributed by atoms with van der Waals surface area (Å²) in [5.74, 6) is 4.62. The van der Waals surface area contributed by atoms with Gasteiger partial charge in [0.25, 0.3) is 0 Å². The zero-order valence-electron chi connectivity index (χ0n) is 37.0. The van der Waals surface area contributed by atoms with Gasteiger partial charge in [-0.15, -0.1) is 47.0 Å². The Morgan fingerprint density at radius 1 is 0.388 bits per heavy atom. The Morgan fingerprint density at radius 2 is 0.657 bits per heavy atom. The van der Waals surface area contributed by atoms with Crippen molar-refractivity contribution in [1.82, 2.24) is 0 Å². The van der Waals surface area contributed by atoms with E-state index in [1.165, 1.54) is 0 Å². The first-order valence-corrected chi connectivity index (χ1v) is 29.4. The summed E-state index contributed by atoms with van der Waals surface area (Å²) >= 11 is 9.36. The van der Waals surface area contributed by atoms with Crippen molar-refractivity contribution in [1.29, 1.82) is 0 Å². The molecule has 13 heteroatoms. The van der Waals surface area contributed by atoms with E-state index in [0.717, 1.165) is 133 Å². The Balaban J connectivity index is 1.14. The molecule has 0 unspecified atom stereocenters. The van der Waals surface area contributed by atoms with Crippen molar-refractivity contribution in [3.05, 3.63) is 143 Å². The largest absolute Gasteiger partial charge is 0.453 e. The molecule has 0 bridgehead atoms. The molecule has 2 aromatic heterocycles. The Labute approximate surface area is 420 Å². The van der Waals surface area contributed by atoms with Gasteiger partial charge >= 0.3 is 16.5 Å². The summed E-state index contributed by atoms with van der Waals surface area (Å²) < 4.78 is 43.1. The van der Waals surface area contributed by atoms with Crippen LogP contribution in [0.25, 0.3) is 87.0 Å². The predicted octanol–water partition coefficient (Wildman–Crippen LogP) is 20.2. The number of hydrogen-bond donors (Lipinski definition) is 0. The predicted molar refractivity (Wildman–Crippen MR) is 299 cm³/mol. The van der Waals surface area contributed by atoms with Gasteiger partial charge in [-0.1, -0.05) is 131 Å². The first kappa shape index (κ1) is 45.0. The standard InChI is InChI=1S/C54H43IO6P2S4/c1-5-64-42-28-32-18-9-13-22-36(32)46-47-37-23-14-10-19-33(37)29-43(65-6-2)52(47)59-62(58-51(42)46)56-40-26-17-27-41(50(40)55)57-63-60-53-44(66-7-3)30-34-20-11-15-24-38(34)48(53)49-39-25-16-12-21-35(39)31-45(67-8-4)54(49)61-63/h9-31H,5-8H2,1-4H3. The molecular weight excluding hydrogens is 1060 g/mol. The Hall–Kier alpha value is -4.45. The molecule has 0 aliphatic heterocycles. The third kappa shape index (κ3) is 8.36. The maximum absolute atomic E-state index is 7.10. The molecule has 0 fully saturated rings. The molecule has 6 nitrogen and oxygen atoms in total. The topological polar surface area (TPSA) is 71.0 Å². The second-order valence-electron chi connectivity index (χ2n) is 15.5. The van der Waals surface area contributed by atoms with Crippen LogP contribution in [-0.4, -0.2) is 23.0 Å². The van der Waals surface area contributed by atoms with Crippen molar-refractivity contribution >= 4 is 173 Å². The van der Waals surface area contributed by atoms with Crippen LogP contribution in [0.4, 0.5) is 0 Å². The van der Waals surface area contributed by atoms with Gasteiger partial charge < -0.3 is 25.8 Å². The van der Waals surface area contributed by atoms with E-state index in [0.29, 0.717) is 11.5 Å². The fourth-order valence-electron chi connectivity index (χ4n) is 8.82. The van der Waals surface area contributed by atoms with E-state index in [1.54, 1.807) is 47.0 Å². The molecule has 0 radical (unpaired) electrons. The van der Waals surface area contributed by atoms with Crippen molar-refractivity contribution in [3.8, 4) is 11.5 Å². The van der Waals surface area contributed by atoms with Crippen LogP contribution >= 0.6 is 86.1 Å². The van der Waals surface area contributed by atoms with Gasteiger partial charge in [-0.05, 0) is 125 Å². The molecule has 9 aromatic carbocycles. The number of thioether (sulfide) groups is 4. The minimum atomic E-state index is -2.04. The average molecular weight is 1110 g/mol. The lowest BCUT2D eigenvalue weighted by Crippen LogP contribution is -1.89. The number of hydrogen-bond acceptors (Lipinski definition) is 10. The quantitative estimate of drug-likeness (QED) is 0.0873. The third-order valence-corrected chi connectivity index (χ3v) is 18.2. The summed E-state index contributed by atoms with van der Waals surface area (Å²) in [4.78, 5) is 4.17. The molecule has 11 aromatic rings. The fraction of sp³-hybridized carbons (Fsp3) is 0.148. The number of rotatable bonds is 12. The molecule has 11 rings (SSSR count). The second-order valence-corrected chi connectivity index (χ2v) is 23.8. The van der Waals surface area contributed by atoms with Gasteiger partial charge in [0.05, 0.1) is 23.2 Å². The third-order valence-electron chi connectivity index (χ3n) is 11.5. The van der Waals surface area contributed by atoms with Crippen molar-refractivity contribution in [2.24, 2.45) is 0 Å². The molecule has 0 N–H and O–H groups in total. The fourth-order valence-corrected chi connectivity index (χ4v) is 15.4. The summed E-state index contributed by atoms with van der Waals surface area (Å²) in [6.07, 6.45) is 0.